The number of allylic oxidation sites excluding steroid dienone is 2. The Morgan fingerprint density at radius 2 is 1.52 bits per heavy atom. The first-order valence-corrected chi connectivity index (χ1v) is 9.12. The van der Waals surface area contributed by atoms with Gasteiger partial charge in [-0.3, -0.25) is 9.59 Å². The summed E-state index contributed by atoms with van der Waals surface area (Å²) < 4.78 is 1.01. The van der Waals surface area contributed by atoms with Crippen LogP contribution in [0.5, 0.6) is 0 Å². The quantitative estimate of drug-likeness (QED) is 0.558. The molecule has 2 saturated carbocycles. The number of imide groups is 1. The van der Waals surface area contributed by atoms with Crippen LogP contribution >= 0.6 is 15.9 Å². The van der Waals surface area contributed by atoms with Gasteiger partial charge in [0.2, 0.25) is 11.8 Å². The molecule has 6 rings (SSSR count). The predicted octanol–water partition coefficient (Wildman–Crippen LogP) is 3.62. The maximum atomic E-state index is 13.1. The second kappa shape index (κ2) is 4.35. The molecule has 1 saturated heterocycles. The van der Waals surface area contributed by atoms with Crippen molar-refractivity contribution < 1.29 is 9.59 Å². The van der Waals surface area contributed by atoms with E-state index < -0.39 is 0 Å². The number of halogens is 1. The highest BCUT2D eigenvalue weighted by Gasteiger charge is 2.67. The van der Waals surface area contributed by atoms with E-state index in [-0.39, 0.29) is 35.5 Å². The Labute approximate surface area is 143 Å². The molecule has 5 aliphatic rings. The monoisotopic (exact) mass is 371 g/mol. The summed E-state index contributed by atoms with van der Waals surface area (Å²) in [4.78, 5) is 27.7. The second-order valence-electron chi connectivity index (χ2n) is 7.48. The Morgan fingerprint density at radius 1 is 0.957 bits per heavy atom. The van der Waals surface area contributed by atoms with E-state index in [1.165, 1.54) is 11.3 Å². The molecule has 1 heterocycles. The third-order valence-electron chi connectivity index (χ3n) is 6.60. The van der Waals surface area contributed by atoms with E-state index in [1.807, 2.05) is 26.0 Å². The van der Waals surface area contributed by atoms with Crippen molar-refractivity contribution in [2.24, 2.45) is 35.5 Å². The first kappa shape index (κ1) is 14.0. The largest absolute Gasteiger partial charge is 0.274 e. The molecule has 0 aromatic heterocycles. The van der Waals surface area contributed by atoms with Crippen LogP contribution in [0, 0.1) is 49.4 Å². The molecular weight excluding hydrogens is 354 g/mol. The molecule has 118 valence electrons. The molecule has 4 heteroatoms. The molecule has 3 fully saturated rings. The maximum Gasteiger partial charge on any atom is 0.238 e. The Balaban J connectivity index is 1.61. The van der Waals surface area contributed by atoms with Gasteiger partial charge in [-0.05, 0) is 67.2 Å². The van der Waals surface area contributed by atoms with Crippen molar-refractivity contribution in [1.82, 2.24) is 0 Å². The van der Waals surface area contributed by atoms with Gasteiger partial charge in [0.25, 0.3) is 0 Å². The van der Waals surface area contributed by atoms with Crippen LogP contribution in [-0.2, 0) is 9.59 Å². The number of hydrogen-bond acceptors (Lipinski definition) is 2. The highest BCUT2D eigenvalue weighted by Crippen LogP contribution is 2.65. The molecule has 4 aliphatic carbocycles. The molecule has 23 heavy (non-hydrogen) atoms. The average Bonchev–Trinajstić information content (AvgIpc) is 3.32. The van der Waals surface area contributed by atoms with Gasteiger partial charge in [-0.1, -0.05) is 28.1 Å². The zero-order valence-corrected chi connectivity index (χ0v) is 14.7. The predicted molar refractivity (Wildman–Crippen MR) is 90.8 cm³/mol. The molecule has 0 radical (unpaired) electrons. The van der Waals surface area contributed by atoms with Crippen LogP contribution in [0.1, 0.15) is 17.5 Å². The normalized spacial score (nSPS) is 39.7. The number of carbonyl (C=O) groups is 2. The molecule has 0 N–H and O–H groups in total. The summed E-state index contributed by atoms with van der Waals surface area (Å²) in [5.41, 5.74) is 2.86. The standard InChI is InChI=1S/C19H18BrNO2/c1-8-9(2)15(6-5-14(8)20)21-18(22)16-10-3-4-11(13-7-12(10)13)17(16)19(21)23/h3-6,10-13,16-17H,7H2,1-2H3/t10-,11-,12-,13+,16-,17+/m0/s1. The van der Waals surface area contributed by atoms with E-state index in [0.717, 1.165) is 21.3 Å². The molecule has 2 bridgehead atoms. The van der Waals surface area contributed by atoms with Gasteiger partial charge in [0, 0.05) is 4.47 Å². The van der Waals surface area contributed by atoms with E-state index in [9.17, 15) is 9.59 Å². The lowest BCUT2D eigenvalue weighted by Crippen LogP contribution is -2.40. The maximum absolute atomic E-state index is 13.1. The van der Waals surface area contributed by atoms with Crippen LogP contribution in [0.2, 0.25) is 0 Å². The third kappa shape index (κ3) is 1.60. The first-order valence-electron chi connectivity index (χ1n) is 8.32. The number of nitrogens with zero attached hydrogens (tertiary/aromatic N) is 1. The lowest BCUT2D eigenvalue weighted by atomic mass is 9.63. The Hall–Kier alpha value is -1.42. The summed E-state index contributed by atoms with van der Waals surface area (Å²) in [5.74, 6) is 1.67. The summed E-state index contributed by atoms with van der Waals surface area (Å²) in [6, 6.07) is 3.83. The summed E-state index contributed by atoms with van der Waals surface area (Å²) in [7, 11) is 0. The summed E-state index contributed by atoms with van der Waals surface area (Å²) in [6.45, 7) is 4.00. The lowest BCUT2D eigenvalue weighted by molar-refractivity contribution is -0.124. The number of benzene rings is 1. The van der Waals surface area contributed by atoms with Crippen molar-refractivity contribution in [1.29, 1.82) is 0 Å². The van der Waals surface area contributed by atoms with Gasteiger partial charge in [0.15, 0.2) is 0 Å². The van der Waals surface area contributed by atoms with Crippen molar-refractivity contribution in [3.05, 3.63) is 39.9 Å². The van der Waals surface area contributed by atoms with E-state index in [2.05, 4.69) is 28.1 Å². The molecule has 1 aliphatic heterocycles. The number of anilines is 1. The summed E-state index contributed by atoms with van der Waals surface area (Å²) in [5, 5.41) is 0. The lowest BCUT2D eigenvalue weighted by Gasteiger charge is -2.37. The van der Waals surface area contributed by atoms with Crippen LogP contribution in [0.15, 0.2) is 28.8 Å². The number of amides is 2. The van der Waals surface area contributed by atoms with Gasteiger partial charge in [0.1, 0.15) is 0 Å². The Kier molecular flexibility index (Phi) is 2.64. The SMILES string of the molecule is Cc1c(Br)ccc(N2C(=O)[C@@H]3[C@H]4C=C[C@@H]([C@@H]5C[C@H]45)[C@@H]3C2=O)c1C. The van der Waals surface area contributed by atoms with Crippen molar-refractivity contribution in [3.63, 3.8) is 0 Å². The minimum Gasteiger partial charge on any atom is -0.274 e. The van der Waals surface area contributed by atoms with E-state index in [4.69, 9.17) is 0 Å². The number of carbonyl (C=O) groups excluding carboxylic acids is 2. The summed E-state index contributed by atoms with van der Waals surface area (Å²) in [6.07, 6.45) is 5.63. The van der Waals surface area contributed by atoms with Crippen molar-refractivity contribution >= 4 is 33.4 Å². The second-order valence-corrected chi connectivity index (χ2v) is 8.34. The van der Waals surface area contributed by atoms with Gasteiger partial charge in [0.05, 0.1) is 17.5 Å². The van der Waals surface area contributed by atoms with Crippen LogP contribution in [0.3, 0.4) is 0 Å². The zero-order valence-electron chi connectivity index (χ0n) is 13.1. The highest BCUT2D eigenvalue weighted by molar-refractivity contribution is 9.10. The van der Waals surface area contributed by atoms with Gasteiger partial charge in [-0.2, -0.15) is 0 Å². The van der Waals surface area contributed by atoms with E-state index >= 15 is 0 Å². The molecule has 0 spiro atoms. The molecule has 1 aromatic carbocycles. The minimum atomic E-state index is -0.121. The fourth-order valence-electron chi connectivity index (χ4n) is 5.21. The van der Waals surface area contributed by atoms with Gasteiger partial charge >= 0.3 is 0 Å². The van der Waals surface area contributed by atoms with Crippen molar-refractivity contribution in [2.75, 3.05) is 4.90 Å². The van der Waals surface area contributed by atoms with Crippen LogP contribution in [-0.4, -0.2) is 11.8 Å². The topological polar surface area (TPSA) is 37.4 Å². The Bertz CT molecular complexity index is 763. The van der Waals surface area contributed by atoms with E-state index in [0.29, 0.717) is 11.8 Å². The zero-order chi connectivity index (χ0) is 16.0. The molecule has 2 amide bonds. The molecule has 1 aromatic rings. The molecule has 3 nitrogen and oxygen atoms in total. The fourth-order valence-corrected chi connectivity index (χ4v) is 5.64. The number of rotatable bonds is 1. The Morgan fingerprint density at radius 3 is 2.09 bits per heavy atom. The number of hydrogen-bond donors (Lipinski definition) is 0. The average molecular weight is 372 g/mol. The van der Waals surface area contributed by atoms with Crippen molar-refractivity contribution in [3.8, 4) is 0 Å². The van der Waals surface area contributed by atoms with Gasteiger partial charge in [-0.15, -0.1) is 0 Å². The summed E-state index contributed by atoms with van der Waals surface area (Å²) >= 11 is 3.52. The van der Waals surface area contributed by atoms with Crippen LogP contribution in [0.4, 0.5) is 5.69 Å². The van der Waals surface area contributed by atoms with Crippen LogP contribution in [0.25, 0.3) is 0 Å². The fraction of sp³-hybridized carbons (Fsp3) is 0.474. The van der Waals surface area contributed by atoms with Gasteiger partial charge < -0.3 is 0 Å². The smallest absolute Gasteiger partial charge is 0.238 e. The van der Waals surface area contributed by atoms with E-state index in [1.54, 1.807) is 0 Å². The third-order valence-corrected chi connectivity index (χ3v) is 7.46. The minimum absolute atomic E-state index is 0.0227. The van der Waals surface area contributed by atoms with Crippen molar-refractivity contribution in [2.45, 2.75) is 20.3 Å². The highest BCUT2D eigenvalue weighted by atomic mass is 79.9. The van der Waals surface area contributed by atoms with Gasteiger partial charge in [-0.25, -0.2) is 4.90 Å². The molecule has 6 atom stereocenters. The molecule has 0 unspecified atom stereocenters. The van der Waals surface area contributed by atoms with Crippen LogP contribution < -0.4 is 4.90 Å². The molecular formula is C19H18BrNO2. The first-order chi connectivity index (χ1) is 11.0.